The monoisotopic (exact) mass is 657 g/mol. The molecule has 9 aromatic rings. The number of aromatic nitrogens is 3. The third-order valence-electron chi connectivity index (χ3n) is 9.43. The van der Waals surface area contributed by atoms with Crippen LogP contribution in [0, 0.1) is 0 Å². The zero-order valence-electron chi connectivity index (χ0n) is 27.5. The second-order valence-electron chi connectivity index (χ2n) is 12.4. The van der Waals surface area contributed by atoms with Gasteiger partial charge in [0.05, 0.1) is 22.4 Å². The molecule has 0 aliphatic heterocycles. The summed E-state index contributed by atoms with van der Waals surface area (Å²) < 4.78 is 2.51. The predicted octanol–water partition coefficient (Wildman–Crippen LogP) is 12.0. The minimum absolute atomic E-state index is 0.666. The summed E-state index contributed by atoms with van der Waals surface area (Å²) in [5, 5.41) is 8.22. The molecule has 0 aliphatic rings. The van der Waals surface area contributed by atoms with Gasteiger partial charge < -0.3 is 0 Å². The molecule has 9 rings (SSSR count). The second kappa shape index (κ2) is 12.3. The Labute approximate surface area is 293 Å². The van der Waals surface area contributed by atoms with Crippen molar-refractivity contribution in [2.24, 2.45) is 0 Å². The van der Waals surface area contributed by atoms with Gasteiger partial charge >= 0.3 is 0 Å². The molecule has 0 N–H and O–H groups in total. The van der Waals surface area contributed by atoms with Crippen LogP contribution in [0.15, 0.2) is 152 Å². The van der Waals surface area contributed by atoms with E-state index in [0.29, 0.717) is 5.82 Å². The maximum Gasteiger partial charge on any atom is 0.160 e. The third-order valence-corrected chi connectivity index (χ3v) is 10.6. The summed E-state index contributed by atoms with van der Waals surface area (Å²) in [6, 6.07) is 51.1. The molecule has 5 aromatic carbocycles. The van der Waals surface area contributed by atoms with E-state index >= 15 is 0 Å². The van der Waals surface area contributed by atoms with Gasteiger partial charge in [-0.3, -0.25) is 0 Å². The molecule has 0 saturated heterocycles. The van der Waals surface area contributed by atoms with Crippen LogP contribution in [-0.2, 0) is 0 Å². The van der Waals surface area contributed by atoms with E-state index < -0.39 is 0 Å². The Balaban J connectivity index is 1.47. The Morgan fingerprint density at radius 3 is 2.06 bits per heavy atom. The van der Waals surface area contributed by atoms with Gasteiger partial charge in [0.1, 0.15) is 0 Å². The highest BCUT2D eigenvalue weighted by molar-refractivity contribution is 7.26. The molecule has 3 nitrogen and oxygen atoms in total. The van der Waals surface area contributed by atoms with E-state index in [1.165, 1.54) is 30.9 Å². The molecule has 0 saturated carbocycles. The average molecular weight is 658 g/mol. The largest absolute Gasteiger partial charge is 0.247 e. The molecule has 0 radical (unpaired) electrons. The first-order valence-corrected chi connectivity index (χ1v) is 17.6. The zero-order valence-corrected chi connectivity index (χ0v) is 28.3. The second-order valence-corrected chi connectivity index (χ2v) is 13.5. The van der Waals surface area contributed by atoms with Crippen LogP contribution in [0.3, 0.4) is 0 Å². The number of nitrogens with zero attached hydrogens (tertiary/aromatic N) is 3. The normalized spacial score (nSPS) is 11.9. The molecule has 0 amide bonds. The third kappa shape index (κ3) is 5.09. The van der Waals surface area contributed by atoms with Gasteiger partial charge in [-0.15, -0.1) is 11.3 Å². The lowest BCUT2D eigenvalue weighted by atomic mass is 10.0. The fourth-order valence-corrected chi connectivity index (χ4v) is 8.11. The molecule has 0 aliphatic carbocycles. The van der Waals surface area contributed by atoms with Crippen molar-refractivity contribution in [2.45, 2.75) is 6.92 Å². The van der Waals surface area contributed by atoms with Crippen molar-refractivity contribution in [3.8, 4) is 33.9 Å². The first-order chi connectivity index (χ1) is 24.7. The zero-order chi connectivity index (χ0) is 33.6. The molecular weight excluding hydrogens is 627 g/mol. The first-order valence-electron chi connectivity index (χ1n) is 16.8. The van der Waals surface area contributed by atoms with E-state index in [1.54, 1.807) is 0 Å². The van der Waals surface area contributed by atoms with E-state index in [1.807, 2.05) is 53.8 Å². The van der Waals surface area contributed by atoms with Crippen LogP contribution in [0.5, 0.6) is 0 Å². The van der Waals surface area contributed by atoms with Crippen molar-refractivity contribution in [3.63, 3.8) is 0 Å². The van der Waals surface area contributed by atoms with Crippen LogP contribution in [0.4, 0.5) is 0 Å². The Bertz CT molecular complexity index is 2830. The van der Waals surface area contributed by atoms with Crippen LogP contribution < -0.4 is 5.22 Å². The van der Waals surface area contributed by atoms with Gasteiger partial charge in [-0.05, 0) is 70.8 Å². The standard InChI is InChI=1S/C46H31N3S/c1-3-29-26-30(4-2)45-37(41-28-40(31-14-7-5-8-15-31)48-46(49-41)32-16-9-6-10-17-32)23-24-39(47-45)36-20-13-21-43-44(36)38-27-33(22-25-42(38)50-43)35-19-12-11-18-34(29)35/h3-28H,2H2,1H3/b29-3+,30-26?. The van der Waals surface area contributed by atoms with Gasteiger partial charge in [0.25, 0.3) is 0 Å². The van der Waals surface area contributed by atoms with E-state index in [0.717, 1.165) is 60.7 Å². The van der Waals surface area contributed by atoms with Crippen LogP contribution in [0.1, 0.15) is 12.5 Å². The maximum absolute atomic E-state index is 5.50. The molecular formula is C46H31N3S. The van der Waals surface area contributed by atoms with Gasteiger partial charge in [-0.2, -0.15) is 0 Å². The maximum atomic E-state index is 5.50. The quantitative estimate of drug-likeness (QED) is 0.189. The van der Waals surface area contributed by atoms with Gasteiger partial charge in [0.2, 0.25) is 0 Å². The molecule has 50 heavy (non-hydrogen) atoms. The van der Waals surface area contributed by atoms with Gasteiger partial charge in [0, 0.05) is 47.8 Å². The summed E-state index contributed by atoms with van der Waals surface area (Å²) in [5.41, 5.74) is 7.20. The van der Waals surface area contributed by atoms with Crippen LogP contribution >= 0.6 is 11.3 Å². The van der Waals surface area contributed by atoms with Crippen LogP contribution in [-0.4, -0.2) is 15.0 Å². The highest BCUT2D eigenvalue weighted by atomic mass is 32.1. The van der Waals surface area contributed by atoms with Gasteiger partial charge in [-0.1, -0.05) is 122 Å². The summed E-state index contributed by atoms with van der Waals surface area (Å²) >= 11 is 1.83. The molecule has 0 fully saturated rings. The molecule has 4 heterocycles. The summed E-state index contributed by atoms with van der Waals surface area (Å²) in [5.74, 6) is 0.666. The lowest BCUT2D eigenvalue weighted by molar-refractivity contribution is 1.18. The van der Waals surface area contributed by atoms with Crippen molar-refractivity contribution in [2.75, 3.05) is 0 Å². The van der Waals surface area contributed by atoms with Gasteiger partial charge in [0.15, 0.2) is 5.82 Å². The molecule has 4 aromatic heterocycles. The Morgan fingerprint density at radius 2 is 1.28 bits per heavy atom. The summed E-state index contributed by atoms with van der Waals surface area (Å²) in [7, 11) is 0. The van der Waals surface area contributed by atoms with Crippen LogP contribution in [0.2, 0.25) is 0 Å². The fraction of sp³-hybridized carbons (Fsp3) is 0.0217. The first kappa shape index (κ1) is 29.9. The SMILES string of the molecule is C=Cc1c/c(=C\C)c2ccccc2c2ccc3sc4cccc(c5ccc(-c6cc(-c7ccccc7)nc(-c7ccccc7)n6)c1n5)c4c3c2. The summed E-state index contributed by atoms with van der Waals surface area (Å²) in [4.78, 5) is 15.8. The fourth-order valence-electron chi connectivity index (χ4n) is 7.00. The van der Waals surface area contributed by atoms with E-state index in [4.69, 9.17) is 15.0 Å². The lowest BCUT2D eigenvalue weighted by Gasteiger charge is -2.11. The average Bonchev–Trinajstić information content (AvgIpc) is 3.57. The number of fused-ring (bicyclic) bond motifs is 6. The van der Waals surface area contributed by atoms with Crippen molar-refractivity contribution in [1.29, 1.82) is 0 Å². The number of hydrogen-bond donors (Lipinski definition) is 0. The Kier molecular flexibility index (Phi) is 7.37. The van der Waals surface area contributed by atoms with E-state index in [-0.39, 0.29) is 0 Å². The summed E-state index contributed by atoms with van der Waals surface area (Å²) in [6.07, 6.45) is 4.09. The smallest absolute Gasteiger partial charge is 0.160 e. The summed E-state index contributed by atoms with van der Waals surface area (Å²) in [6.45, 7) is 6.42. The molecule has 4 heteroatoms. The molecule has 4 bridgehead atoms. The highest BCUT2D eigenvalue weighted by Gasteiger charge is 2.15. The molecule has 0 unspecified atom stereocenters. The number of benzene rings is 5. The number of pyridine rings is 1. The van der Waals surface area contributed by atoms with Crippen LogP contribution in [0.25, 0.3) is 98.8 Å². The van der Waals surface area contributed by atoms with Crippen molar-refractivity contribution in [3.05, 3.63) is 163 Å². The molecule has 0 spiro atoms. The van der Waals surface area contributed by atoms with E-state index in [9.17, 15) is 0 Å². The Hall–Kier alpha value is -6.23. The lowest BCUT2D eigenvalue weighted by Crippen LogP contribution is -2.00. The van der Waals surface area contributed by atoms with Crippen molar-refractivity contribution >= 4 is 76.2 Å². The molecule has 236 valence electrons. The topological polar surface area (TPSA) is 38.7 Å². The van der Waals surface area contributed by atoms with Crippen molar-refractivity contribution < 1.29 is 0 Å². The predicted molar refractivity (Wildman–Crippen MR) is 215 cm³/mol. The van der Waals surface area contributed by atoms with Crippen molar-refractivity contribution in [1.82, 2.24) is 15.0 Å². The Morgan fingerprint density at radius 1 is 0.560 bits per heavy atom. The number of hydrogen-bond acceptors (Lipinski definition) is 4. The number of thiophene rings is 1. The molecule has 0 atom stereocenters. The minimum Gasteiger partial charge on any atom is -0.247 e. The van der Waals surface area contributed by atoms with E-state index in [2.05, 4.69) is 129 Å². The number of rotatable bonds is 4. The highest BCUT2D eigenvalue weighted by Crippen LogP contribution is 2.39. The van der Waals surface area contributed by atoms with Gasteiger partial charge in [-0.25, -0.2) is 15.0 Å². The minimum atomic E-state index is 0.666.